The number of carboxylic acid groups (broad SMARTS) is 1. The van der Waals surface area contributed by atoms with Gasteiger partial charge in [0.2, 0.25) is 11.9 Å². The number of aliphatic carboxylic acids is 1. The third-order valence-electron chi connectivity index (χ3n) is 2.77. The molecule has 7 nitrogen and oxygen atoms in total. The number of nitrogens with zero attached hydrogens (tertiary/aromatic N) is 2. The molecule has 1 aromatic carbocycles. The third-order valence-corrected chi connectivity index (χ3v) is 3.97. The van der Waals surface area contributed by atoms with Crippen molar-refractivity contribution in [3.8, 4) is 11.5 Å². The van der Waals surface area contributed by atoms with Crippen molar-refractivity contribution in [2.45, 2.75) is 12.1 Å². The van der Waals surface area contributed by atoms with Crippen LogP contribution >= 0.6 is 23.4 Å². The molecule has 1 aromatic heterocycles. The maximum Gasteiger partial charge on any atom is 0.342 e. The molecule has 0 bridgehead atoms. The van der Waals surface area contributed by atoms with Crippen LogP contribution in [0.5, 0.6) is 11.5 Å². The van der Waals surface area contributed by atoms with E-state index in [0.717, 1.165) is 11.8 Å². The van der Waals surface area contributed by atoms with Gasteiger partial charge in [-0.05, 0) is 36.4 Å². The maximum absolute atomic E-state index is 11.4. The predicted octanol–water partition coefficient (Wildman–Crippen LogP) is 2.71. The van der Waals surface area contributed by atoms with E-state index in [-0.39, 0.29) is 11.7 Å². The summed E-state index contributed by atoms with van der Waals surface area (Å²) in [4.78, 5) is 15.5. The van der Waals surface area contributed by atoms with E-state index < -0.39 is 5.97 Å². The Morgan fingerprint density at radius 2 is 2.18 bits per heavy atom. The molecule has 0 radical (unpaired) electrons. The Morgan fingerprint density at radius 3 is 2.82 bits per heavy atom. The fourth-order valence-electron chi connectivity index (χ4n) is 1.79. The number of carbonyl (C=O) groups is 1. The van der Waals surface area contributed by atoms with Crippen molar-refractivity contribution in [1.29, 1.82) is 0 Å². The average Bonchev–Trinajstić information content (AvgIpc) is 3.06. The quantitative estimate of drug-likeness (QED) is 0.652. The van der Waals surface area contributed by atoms with Gasteiger partial charge in [-0.15, -0.1) is 5.10 Å². The first kappa shape index (κ1) is 14.7. The van der Waals surface area contributed by atoms with Gasteiger partial charge in [-0.3, -0.25) is 5.10 Å². The first-order valence-corrected chi connectivity index (χ1v) is 7.33. The van der Waals surface area contributed by atoms with Crippen LogP contribution in [0.1, 0.15) is 11.4 Å². The SMILES string of the molecule is Cc1nc(S/C(=C\c2cc3c(cc2Cl)OCO3)C(=O)O)n[nH]1. The minimum atomic E-state index is -1.10. The monoisotopic (exact) mass is 339 g/mol. The van der Waals surface area contributed by atoms with Crippen LogP contribution in [-0.4, -0.2) is 33.1 Å². The van der Waals surface area contributed by atoms with Gasteiger partial charge >= 0.3 is 5.97 Å². The predicted molar refractivity (Wildman–Crippen MR) is 80.2 cm³/mol. The molecule has 114 valence electrons. The number of thioether (sulfide) groups is 1. The third kappa shape index (κ3) is 3.02. The Balaban J connectivity index is 1.94. The van der Waals surface area contributed by atoms with Crippen LogP contribution in [0.25, 0.3) is 6.08 Å². The number of hydrogen-bond donors (Lipinski definition) is 2. The van der Waals surface area contributed by atoms with Crippen LogP contribution in [0.4, 0.5) is 0 Å². The summed E-state index contributed by atoms with van der Waals surface area (Å²) < 4.78 is 10.5. The van der Waals surface area contributed by atoms with Crippen molar-refractivity contribution >= 4 is 35.4 Å². The van der Waals surface area contributed by atoms with Gasteiger partial charge in [0.15, 0.2) is 11.5 Å². The molecule has 0 amide bonds. The Morgan fingerprint density at radius 1 is 1.45 bits per heavy atom. The molecule has 9 heteroatoms. The second kappa shape index (κ2) is 5.90. The highest BCUT2D eigenvalue weighted by Gasteiger charge is 2.18. The number of rotatable bonds is 4. The molecule has 0 atom stereocenters. The number of H-pyrrole nitrogens is 1. The number of ether oxygens (including phenoxy) is 2. The van der Waals surface area contributed by atoms with Crippen molar-refractivity contribution in [3.63, 3.8) is 0 Å². The maximum atomic E-state index is 11.4. The van der Waals surface area contributed by atoms with Crippen LogP contribution in [0, 0.1) is 6.92 Å². The smallest absolute Gasteiger partial charge is 0.342 e. The van der Waals surface area contributed by atoms with Crippen molar-refractivity contribution in [1.82, 2.24) is 15.2 Å². The first-order chi connectivity index (χ1) is 10.5. The minimum absolute atomic E-state index is 0.0414. The summed E-state index contributed by atoms with van der Waals surface area (Å²) in [5.41, 5.74) is 0.517. The molecule has 0 unspecified atom stereocenters. The topological polar surface area (TPSA) is 97.3 Å². The fourth-order valence-corrected chi connectivity index (χ4v) is 2.74. The number of aromatic amines is 1. The molecule has 2 aromatic rings. The number of halogens is 1. The lowest BCUT2D eigenvalue weighted by Gasteiger charge is -2.04. The normalized spacial score (nSPS) is 13.5. The second-order valence-electron chi connectivity index (χ2n) is 4.35. The number of fused-ring (bicyclic) bond motifs is 1. The van der Waals surface area contributed by atoms with E-state index in [1.807, 2.05) is 0 Å². The zero-order chi connectivity index (χ0) is 15.7. The van der Waals surface area contributed by atoms with Crippen molar-refractivity contribution in [2.75, 3.05) is 6.79 Å². The average molecular weight is 340 g/mol. The highest BCUT2D eigenvalue weighted by molar-refractivity contribution is 8.04. The summed E-state index contributed by atoms with van der Waals surface area (Å²) in [5, 5.41) is 16.6. The number of carboxylic acids is 1. The molecular weight excluding hydrogens is 330 g/mol. The standard InChI is InChI=1S/C13H10ClN3O4S/c1-6-15-13(17-16-6)22-11(12(18)19)3-7-2-9-10(4-8(7)14)21-5-20-9/h2-4H,5H2,1H3,(H,18,19)(H,15,16,17)/b11-3-. The van der Waals surface area contributed by atoms with Crippen LogP contribution in [0.15, 0.2) is 22.2 Å². The number of benzene rings is 1. The molecule has 0 aliphatic carbocycles. The summed E-state index contributed by atoms with van der Waals surface area (Å²) in [6, 6.07) is 3.23. The van der Waals surface area contributed by atoms with Gasteiger partial charge in [-0.1, -0.05) is 11.6 Å². The molecule has 0 saturated carbocycles. The summed E-state index contributed by atoms with van der Waals surface area (Å²) >= 11 is 7.08. The van der Waals surface area contributed by atoms with Gasteiger partial charge in [-0.25, -0.2) is 9.78 Å². The number of aromatic nitrogens is 3. The van der Waals surface area contributed by atoms with E-state index in [0.29, 0.717) is 33.1 Å². The first-order valence-electron chi connectivity index (χ1n) is 6.14. The van der Waals surface area contributed by atoms with E-state index in [1.165, 1.54) is 6.08 Å². The molecule has 0 fully saturated rings. The van der Waals surface area contributed by atoms with Gasteiger partial charge in [0.1, 0.15) is 10.7 Å². The summed E-state index contributed by atoms with van der Waals surface area (Å²) in [5.74, 6) is 0.574. The lowest BCUT2D eigenvalue weighted by atomic mass is 10.2. The van der Waals surface area contributed by atoms with Crippen LogP contribution in [0.2, 0.25) is 5.02 Å². The van der Waals surface area contributed by atoms with E-state index >= 15 is 0 Å². The summed E-state index contributed by atoms with van der Waals surface area (Å²) in [7, 11) is 0. The molecule has 1 aliphatic heterocycles. The Labute approximate surface area is 134 Å². The Kier molecular flexibility index (Phi) is 3.95. The Hall–Kier alpha value is -2.19. The van der Waals surface area contributed by atoms with E-state index in [1.54, 1.807) is 19.1 Å². The van der Waals surface area contributed by atoms with E-state index in [9.17, 15) is 9.90 Å². The lowest BCUT2D eigenvalue weighted by molar-refractivity contribution is -0.131. The van der Waals surface area contributed by atoms with Gasteiger partial charge in [-0.2, -0.15) is 0 Å². The Bertz CT molecular complexity index is 775. The molecule has 3 rings (SSSR count). The van der Waals surface area contributed by atoms with Gasteiger partial charge in [0, 0.05) is 6.07 Å². The molecule has 22 heavy (non-hydrogen) atoms. The van der Waals surface area contributed by atoms with Crippen LogP contribution in [0.3, 0.4) is 0 Å². The van der Waals surface area contributed by atoms with Gasteiger partial charge in [0.05, 0.1) is 5.02 Å². The zero-order valence-corrected chi connectivity index (χ0v) is 12.9. The van der Waals surface area contributed by atoms with Gasteiger partial charge < -0.3 is 14.6 Å². The fraction of sp³-hybridized carbons (Fsp3) is 0.154. The van der Waals surface area contributed by atoms with Crippen LogP contribution in [-0.2, 0) is 4.79 Å². The number of nitrogens with one attached hydrogen (secondary N) is 1. The van der Waals surface area contributed by atoms with E-state index in [2.05, 4.69) is 15.2 Å². The molecule has 0 saturated heterocycles. The van der Waals surface area contributed by atoms with E-state index in [4.69, 9.17) is 21.1 Å². The molecular formula is C13H10ClN3O4S. The molecule has 0 spiro atoms. The molecule has 2 heterocycles. The van der Waals surface area contributed by atoms with Crippen molar-refractivity contribution in [2.24, 2.45) is 0 Å². The van der Waals surface area contributed by atoms with Crippen molar-refractivity contribution < 1.29 is 19.4 Å². The molecule has 1 aliphatic rings. The van der Waals surface area contributed by atoms with Crippen LogP contribution < -0.4 is 9.47 Å². The zero-order valence-electron chi connectivity index (χ0n) is 11.3. The highest BCUT2D eigenvalue weighted by atomic mass is 35.5. The minimum Gasteiger partial charge on any atom is -0.477 e. The second-order valence-corrected chi connectivity index (χ2v) is 5.76. The summed E-state index contributed by atoms with van der Waals surface area (Å²) in [6.45, 7) is 1.85. The number of hydrogen-bond acceptors (Lipinski definition) is 6. The largest absolute Gasteiger partial charge is 0.477 e. The highest BCUT2D eigenvalue weighted by Crippen LogP contribution is 2.38. The lowest BCUT2D eigenvalue weighted by Crippen LogP contribution is -1.97. The van der Waals surface area contributed by atoms with Crippen molar-refractivity contribution in [3.05, 3.63) is 33.4 Å². The van der Waals surface area contributed by atoms with Gasteiger partial charge in [0.25, 0.3) is 0 Å². The summed E-state index contributed by atoms with van der Waals surface area (Å²) in [6.07, 6.45) is 1.45. The molecule has 2 N–H and O–H groups in total. The number of aryl methyl sites for hydroxylation is 1.